The maximum atomic E-state index is 12.8. The molecule has 0 saturated carbocycles. The molecule has 2 N–H and O–H groups in total. The van der Waals surface area contributed by atoms with Crippen LogP contribution in [0, 0.1) is 0 Å². The van der Waals surface area contributed by atoms with E-state index in [1.54, 1.807) is 26.4 Å². The minimum absolute atomic E-state index is 0.200. The lowest BCUT2D eigenvalue weighted by Crippen LogP contribution is -2.41. The summed E-state index contributed by atoms with van der Waals surface area (Å²) < 4.78 is 17.4. The van der Waals surface area contributed by atoms with Crippen molar-refractivity contribution in [1.82, 2.24) is 10.3 Å². The summed E-state index contributed by atoms with van der Waals surface area (Å²) in [5.41, 5.74) is 0.134. The smallest absolute Gasteiger partial charge is 0.275 e. The quantitative estimate of drug-likeness (QED) is 0.671. The molecule has 2 rings (SSSR count). The third-order valence-corrected chi connectivity index (χ3v) is 4.09. The van der Waals surface area contributed by atoms with E-state index >= 15 is 0 Å². The maximum absolute atomic E-state index is 12.8. The number of methoxy groups -OCH3 is 2. The van der Waals surface area contributed by atoms with E-state index in [1.807, 2.05) is 41.5 Å². The lowest BCUT2D eigenvalue weighted by atomic mass is 10.1. The zero-order valence-electron chi connectivity index (χ0n) is 17.6. The van der Waals surface area contributed by atoms with E-state index in [-0.39, 0.29) is 17.1 Å². The summed E-state index contributed by atoms with van der Waals surface area (Å²) in [6.45, 7) is 11.7. The Labute approximate surface area is 174 Å². The van der Waals surface area contributed by atoms with E-state index in [0.29, 0.717) is 33.3 Å². The van der Waals surface area contributed by atoms with Crippen LogP contribution < -0.4 is 20.1 Å². The Balaban J connectivity index is 2.56. The zero-order valence-corrected chi connectivity index (χ0v) is 19.2. The van der Waals surface area contributed by atoms with Gasteiger partial charge in [0.25, 0.3) is 5.91 Å². The largest absolute Gasteiger partial charge is 0.493 e. The highest BCUT2D eigenvalue weighted by Gasteiger charge is 2.27. The average molecular weight is 454 g/mol. The molecule has 7 nitrogen and oxygen atoms in total. The van der Waals surface area contributed by atoms with Crippen molar-refractivity contribution in [3.63, 3.8) is 0 Å². The molecule has 1 heterocycles. The van der Waals surface area contributed by atoms with Crippen LogP contribution in [0.3, 0.4) is 0 Å². The van der Waals surface area contributed by atoms with Crippen molar-refractivity contribution in [2.24, 2.45) is 0 Å². The molecule has 2 aromatic rings. The number of nitrogens with one attached hydrogen (secondary N) is 2. The molecule has 0 bridgehead atoms. The average Bonchev–Trinajstić information content (AvgIpc) is 2.94. The van der Waals surface area contributed by atoms with Crippen molar-refractivity contribution < 1.29 is 18.7 Å². The van der Waals surface area contributed by atoms with E-state index in [9.17, 15) is 4.79 Å². The van der Waals surface area contributed by atoms with E-state index in [0.717, 1.165) is 0 Å². The van der Waals surface area contributed by atoms with E-state index in [4.69, 9.17) is 13.9 Å². The number of hydrogen-bond acceptors (Lipinski definition) is 6. The van der Waals surface area contributed by atoms with Gasteiger partial charge in [-0.2, -0.15) is 0 Å². The molecular formula is C20H28BrN3O4. The van der Waals surface area contributed by atoms with Crippen molar-refractivity contribution in [2.75, 3.05) is 19.5 Å². The van der Waals surface area contributed by atoms with Gasteiger partial charge in [-0.25, -0.2) is 4.98 Å². The first-order valence-electron chi connectivity index (χ1n) is 8.88. The number of aromatic nitrogens is 1. The van der Waals surface area contributed by atoms with Gasteiger partial charge < -0.3 is 24.5 Å². The molecule has 1 aromatic carbocycles. The Bertz CT molecular complexity index is 864. The molecule has 1 aromatic heterocycles. The summed E-state index contributed by atoms with van der Waals surface area (Å²) in [6, 6.07) is 3.56. The van der Waals surface area contributed by atoms with Crippen LogP contribution in [-0.2, 0) is 0 Å². The van der Waals surface area contributed by atoms with Crippen LogP contribution in [0.15, 0.2) is 21.0 Å². The molecule has 0 saturated heterocycles. The minimum atomic E-state index is -0.401. The predicted octanol–water partition coefficient (Wildman–Crippen LogP) is 4.86. The standard InChI is InChI=1S/C20H28BrN3O4/c1-19(2,3)23-16(25)14-18(24-20(4,5)6)28-17(22-14)11-9-12(21)15(27-8)13(10-11)26-7/h9-10,24H,1-8H3,(H,23,25). The molecule has 0 aliphatic heterocycles. The monoisotopic (exact) mass is 453 g/mol. The highest BCUT2D eigenvalue weighted by atomic mass is 79.9. The number of nitrogens with zero attached hydrogens (tertiary/aromatic N) is 1. The van der Waals surface area contributed by atoms with Gasteiger partial charge in [-0.3, -0.25) is 4.79 Å². The fraction of sp³-hybridized carbons (Fsp3) is 0.500. The van der Waals surface area contributed by atoms with Gasteiger partial charge in [0.1, 0.15) is 0 Å². The second-order valence-corrected chi connectivity index (χ2v) is 9.32. The summed E-state index contributed by atoms with van der Waals surface area (Å²) in [6.07, 6.45) is 0. The van der Waals surface area contributed by atoms with Crippen LogP contribution in [0.4, 0.5) is 5.88 Å². The number of anilines is 1. The molecule has 0 radical (unpaired) electrons. The van der Waals surface area contributed by atoms with Gasteiger partial charge in [-0.15, -0.1) is 0 Å². The van der Waals surface area contributed by atoms with Gasteiger partial charge in [-0.1, -0.05) is 0 Å². The Kier molecular flexibility index (Phi) is 6.33. The Morgan fingerprint density at radius 2 is 1.71 bits per heavy atom. The van der Waals surface area contributed by atoms with Crippen molar-refractivity contribution in [3.05, 3.63) is 22.3 Å². The molecule has 0 unspecified atom stereocenters. The number of amides is 1. The summed E-state index contributed by atoms with van der Waals surface area (Å²) >= 11 is 3.47. The zero-order chi connectivity index (χ0) is 21.3. The lowest BCUT2D eigenvalue weighted by molar-refractivity contribution is 0.0915. The van der Waals surface area contributed by atoms with Gasteiger partial charge in [0.05, 0.1) is 18.7 Å². The molecule has 0 spiro atoms. The number of carbonyl (C=O) groups is 1. The van der Waals surface area contributed by atoms with Gasteiger partial charge in [0.2, 0.25) is 11.8 Å². The van der Waals surface area contributed by atoms with Crippen molar-refractivity contribution in [2.45, 2.75) is 52.6 Å². The fourth-order valence-corrected chi connectivity index (χ4v) is 3.07. The van der Waals surface area contributed by atoms with Crippen LogP contribution in [-0.4, -0.2) is 36.2 Å². The first-order chi connectivity index (χ1) is 12.8. The summed E-state index contributed by atoms with van der Waals surface area (Å²) in [7, 11) is 3.12. The maximum Gasteiger partial charge on any atom is 0.275 e. The van der Waals surface area contributed by atoms with Gasteiger partial charge >= 0.3 is 0 Å². The predicted molar refractivity (Wildman–Crippen MR) is 113 cm³/mol. The van der Waals surface area contributed by atoms with Gasteiger partial charge in [0.15, 0.2) is 17.2 Å². The number of hydrogen-bond donors (Lipinski definition) is 2. The molecule has 0 atom stereocenters. The molecule has 0 aliphatic rings. The van der Waals surface area contributed by atoms with Crippen molar-refractivity contribution >= 4 is 27.7 Å². The number of halogens is 1. The van der Waals surface area contributed by atoms with Crippen LogP contribution in [0.1, 0.15) is 52.0 Å². The number of oxazole rings is 1. The number of ether oxygens (including phenoxy) is 2. The number of carbonyl (C=O) groups excluding carboxylic acids is 1. The lowest BCUT2D eigenvalue weighted by Gasteiger charge is -2.22. The van der Waals surface area contributed by atoms with Gasteiger partial charge in [0, 0.05) is 16.6 Å². The molecule has 0 aliphatic carbocycles. The highest BCUT2D eigenvalue weighted by Crippen LogP contribution is 2.40. The highest BCUT2D eigenvalue weighted by molar-refractivity contribution is 9.10. The van der Waals surface area contributed by atoms with Crippen LogP contribution in [0.2, 0.25) is 0 Å². The van der Waals surface area contributed by atoms with Crippen LogP contribution in [0.25, 0.3) is 11.5 Å². The molecule has 28 heavy (non-hydrogen) atoms. The second-order valence-electron chi connectivity index (χ2n) is 8.47. The van der Waals surface area contributed by atoms with E-state index < -0.39 is 5.54 Å². The molecule has 8 heteroatoms. The Hall–Kier alpha value is -2.22. The second kappa shape index (κ2) is 8.03. The Morgan fingerprint density at radius 1 is 1.07 bits per heavy atom. The van der Waals surface area contributed by atoms with Gasteiger partial charge in [-0.05, 0) is 69.6 Å². The summed E-state index contributed by atoms with van der Waals surface area (Å²) in [5.74, 6) is 1.39. The number of rotatable bonds is 5. The van der Waals surface area contributed by atoms with Crippen molar-refractivity contribution in [1.29, 1.82) is 0 Å². The third kappa shape index (κ3) is 5.41. The van der Waals surface area contributed by atoms with Crippen LogP contribution >= 0.6 is 15.9 Å². The minimum Gasteiger partial charge on any atom is -0.493 e. The first-order valence-corrected chi connectivity index (χ1v) is 9.67. The first kappa shape index (κ1) is 22.1. The third-order valence-electron chi connectivity index (χ3n) is 3.50. The van der Waals surface area contributed by atoms with E-state index in [1.165, 1.54) is 0 Å². The SMILES string of the molecule is COc1cc(-c2nc(C(=O)NC(C)(C)C)c(NC(C)(C)C)o2)cc(Br)c1OC. The Morgan fingerprint density at radius 3 is 2.21 bits per heavy atom. The van der Waals surface area contributed by atoms with Crippen molar-refractivity contribution in [3.8, 4) is 23.0 Å². The molecule has 0 fully saturated rings. The summed E-state index contributed by atoms with van der Waals surface area (Å²) in [5, 5.41) is 6.14. The summed E-state index contributed by atoms with van der Waals surface area (Å²) in [4.78, 5) is 17.2. The normalized spacial score (nSPS) is 11.9. The molecule has 1 amide bonds. The molecule has 154 valence electrons. The fourth-order valence-electron chi connectivity index (χ4n) is 2.46. The van der Waals surface area contributed by atoms with Crippen LogP contribution in [0.5, 0.6) is 11.5 Å². The van der Waals surface area contributed by atoms with E-state index in [2.05, 4.69) is 31.5 Å². The topological polar surface area (TPSA) is 85.6 Å². The molecular weight excluding hydrogens is 426 g/mol. The number of benzene rings is 1.